The summed E-state index contributed by atoms with van der Waals surface area (Å²) in [6.07, 6.45) is 4.30. The van der Waals surface area contributed by atoms with Gasteiger partial charge in [0, 0.05) is 19.2 Å². The monoisotopic (exact) mass is 247 g/mol. The highest BCUT2D eigenvalue weighted by molar-refractivity contribution is 6.01. The number of hydrogen-bond donors (Lipinski definition) is 1. The molecule has 0 radical (unpaired) electrons. The minimum Gasteiger partial charge on any atom is -0.344 e. The molecule has 0 bridgehead atoms. The maximum atomic E-state index is 12.4. The number of nitrogens with zero attached hydrogens (tertiary/aromatic N) is 2. The van der Waals surface area contributed by atoms with Crippen molar-refractivity contribution in [3.63, 3.8) is 0 Å². The fourth-order valence-electron chi connectivity index (χ4n) is 2.09. The van der Waals surface area contributed by atoms with Gasteiger partial charge in [0.2, 0.25) is 11.8 Å². The molecule has 2 heterocycles. The molecule has 1 saturated heterocycles. The molecule has 5 heteroatoms. The van der Waals surface area contributed by atoms with E-state index in [0.717, 1.165) is 11.3 Å². The van der Waals surface area contributed by atoms with E-state index in [1.54, 1.807) is 17.3 Å². The Balaban J connectivity index is 2.34. The van der Waals surface area contributed by atoms with Crippen molar-refractivity contribution in [1.82, 2.24) is 10.3 Å². The first-order valence-corrected chi connectivity index (χ1v) is 6.15. The van der Waals surface area contributed by atoms with Gasteiger partial charge in [-0.15, -0.1) is 0 Å². The molecule has 5 nitrogen and oxygen atoms in total. The van der Waals surface area contributed by atoms with Gasteiger partial charge >= 0.3 is 0 Å². The van der Waals surface area contributed by atoms with Crippen molar-refractivity contribution in [1.29, 1.82) is 0 Å². The maximum Gasteiger partial charge on any atom is 0.249 e. The van der Waals surface area contributed by atoms with E-state index in [-0.39, 0.29) is 11.8 Å². The lowest BCUT2D eigenvalue weighted by molar-refractivity contribution is -0.125. The van der Waals surface area contributed by atoms with Crippen LogP contribution in [0.4, 0.5) is 5.69 Å². The van der Waals surface area contributed by atoms with Gasteiger partial charge in [0.05, 0.1) is 11.9 Å². The van der Waals surface area contributed by atoms with Gasteiger partial charge in [-0.3, -0.25) is 14.6 Å². The molecule has 1 aromatic rings. The van der Waals surface area contributed by atoms with Crippen LogP contribution < -0.4 is 10.2 Å². The Morgan fingerprint density at radius 2 is 2.28 bits per heavy atom. The Morgan fingerprint density at radius 1 is 1.50 bits per heavy atom. The summed E-state index contributed by atoms with van der Waals surface area (Å²) in [6, 6.07) is 1.43. The number of aromatic nitrogens is 1. The largest absolute Gasteiger partial charge is 0.344 e. The summed E-state index contributed by atoms with van der Waals surface area (Å²) in [5.41, 5.74) is 1.78. The Bertz CT molecular complexity index is 473. The Kier molecular flexibility index (Phi) is 3.60. The number of aryl methyl sites for hydroxylation is 1. The van der Waals surface area contributed by atoms with Crippen molar-refractivity contribution in [2.24, 2.45) is 0 Å². The van der Waals surface area contributed by atoms with Gasteiger partial charge in [-0.2, -0.15) is 0 Å². The normalized spacial score (nSPS) is 20.6. The Morgan fingerprint density at radius 3 is 2.94 bits per heavy atom. The molecule has 1 fully saturated rings. The second-order valence-electron chi connectivity index (χ2n) is 4.43. The zero-order chi connectivity index (χ0) is 13.1. The average molecular weight is 247 g/mol. The quantitative estimate of drug-likeness (QED) is 0.848. The fraction of sp³-hybridized carbons (Fsp3) is 0.462. The van der Waals surface area contributed by atoms with E-state index < -0.39 is 6.04 Å². The van der Waals surface area contributed by atoms with Crippen LogP contribution in [0.25, 0.3) is 0 Å². The molecule has 2 amide bonds. The van der Waals surface area contributed by atoms with Crippen molar-refractivity contribution in [3.8, 4) is 0 Å². The molecule has 1 aliphatic rings. The molecule has 0 aromatic carbocycles. The van der Waals surface area contributed by atoms with Gasteiger partial charge in [-0.25, -0.2) is 0 Å². The van der Waals surface area contributed by atoms with Crippen LogP contribution in [-0.2, 0) is 9.59 Å². The topological polar surface area (TPSA) is 62.3 Å². The third-order valence-electron chi connectivity index (χ3n) is 3.17. The van der Waals surface area contributed by atoms with E-state index >= 15 is 0 Å². The minimum atomic E-state index is -0.431. The molecule has 1 atom stereocenters. The van der Waals surface area contributed by atoms with Crippen molar-refractivity contribution in [2.75, 3.05) is 11.4 Å². The average Bonchev–Trinajstić information content (AvgIpc) is 2.50. The summed E-state index contributed by atoms with van der Waals surface area (Å²) in [6.45, 7) is 4.24. The van der Waals surface area contributed by atoms with E-state index in [1.165, 1.54) is 0 Å². The molecule has 96 valence electrons. The maximum absolute atomic E-state index is 12.4. The molecule has 1 aliphatic heterocycles. The summed E-state index contributed by atoms with van der Waals surface area (Å²) in [5, 5.41) is 2.75. The lowest BCUT2D eigenvalue weighted by Gasteiger charge is -2.24. The molecule has 18 heavy (non-hydrogen) atoms. The molecule has 1 N–H and O–H groups in total. The van der Waals surface area contributed by atoms with Crippen molar-refractivity contribution in [3.05, 3.63) is 24.0 Å². The van der Waals surface area contributed by atoms with Crippen LogP contribution in [-0.4, -0.2) is 29.4 Å². The van der Waals surface area contributed by atoms with Crippen LogP contribution in [0.3, 0.4) is 0 Å². The SMILES string of the molecule is CCC1NC(=O)CCN(c2cnccc2C)C1=O. The summed E-state index contributed by atoms with van der Waals surface area (Å²) < 4.78 is 0. The van der Waals surface area contributed by atoms with E-state index in [9.17, 15) is 9.59 Å². The second kappa shape index (κ2) is 5.16. The van der Waals surface area contributed by atoms with Crippen molar-refractivity contribution in [2.45, 2.75) is 32.7 Å². The van der Waals surface area contributed by atoms with Crippen molar-refractivity contribution >= 4 is 17.5 Å². The van der Waals surface area contributed by atoms with E-state index in [2.05, 4.69) is 10.3 Å². The zero-order valence-corrected chi connectivity index (χ0v) is 10.6. The molecule has 1 aromatic heterocycles. The van der Waals surface area contributed by atoms with Crippen LogP contribution in [0, 0.1) is 6.92 Å². The first-order chi connectivity index (χ1) is 8.63. The number of rotatable bonds is 2. The van der Waals surface area contributed by atoms with Crippen LogP contribution in [0.1, 0.15) is 25.3 Å². The number of pyridine rings is 1. The van der Waals surface area contributed by atoms with Gasteiger partial charge in [0.25, 0.3) is 0 Å². The fourth-order valence-corrected chi connectivity index (χ4v) is 2.09. The zero-order valence-electron chi connectivity index (χ0n) is 10.6. The summed E-state index contributed by atoms with van der Waals surface area (Å²) >= 11 is 0. The first kappa shape index (κ1) is 12.5. The third-order valence-corrected chi connectivity index (χ3v) is 3.17. The van der Waals surface area contributed by atoms with E-state index in [0.29, 0.717) is 19.4 Å². The number of hydrogen-bond acceptors (Lipinski definition) is 3. The molecular weight excluding hydrogens is 230 g/mol. The van der Waals surface area contributed by atoms with Gasteiger partial charge < -0.3 is 10.2 Å². The molecule has 0 spiro atoms. The van der Waals surface area contributed by atoms with Gasteiger partial charge in [0.1, 0.15) is 6.04 Å². The highest BCUT2D eigenvalue weighted by atomic mass is 16.2. The molecule has 2 rings (SSSR count). The molecule has 0 saturated carbocycles. The Hall–Kier alpha value is -1.91. The predicted molar refractivity (Wildman–Crippen MR) is 68.2 cm³/mol. The highest BCUT2D eigenvalue weighted by Crippen LogP contribution is 2.21. The summed E-state index contributed by atoms with van der Waals surface area (Å²) in [4.78, 5) is 29.6. The minimum absolute atomic E-state index is 0.0561. The Labute approximate surface area is 106 Å². The number of nitrogens with one attached hydrogen (secondary N) is 1. The van der Waals surface area contributed by atoms with Crippen molar-refractivity contribution < 1.29 is 9.59 Å². The van der Waals surface area contributed by atoms with Gasteiger partial charge in [0.15, 0.2) is 0 Å². The lowest BCUT2D eigenvalue weighted by atomic mass is 10.1. The number of carbonyl (C=O) groups is 2. The number of carbonyl (C=O) groups excluding carboxylic acids is 2. The van der Waals surface area contributed by atoms with E-state index in [1.807, 2.05) is 19.9 Å². The predicted octanol–water partition coefficient (Wildman–Crippen LogP) is 1.02. The van der Waals surface area contributed by atoms with Gasteiger partial charge in [-0.1, -0.05) is 6.92 Å². The standard InChI is InChI=1S/C13H17N3O2/c1-3-10-13(18)16(7-5-12(17)15-10)11-8-14-6-4-9(11)2/h4,6,8,10H,3,5,7H2,1-2H3,(H,15,17). The number of amides is 2. The van der Waals surface area contributed by atoms with Crippen LogP contribution in [0.2, 0.25) is 0 Å². The number of anilines is 1. The van der Waals surface area contributed by atoms with Crippen LogP contribution in [0.15, 0.2) is 18.5 Å². The molecular formula is C13H17N3O2. The summed E-state index contributed by atoms with van der Waals surface area (Å²) in [5.74, 6) is -0.126. The summed E-state index contributed by atoms with van der Waals surface area (Å²) in [7, 11) is 0. The van der Waals surface area contributed by atoms with Crippen LogP contribution >= 0.6 is 0 Å². The third kappa shape index (κ3) is 2.34. The smallest absolute Gasteiger partial charge is 0.249 e. The van der Waals surface area contributed by atoms with E-state index in [4.69, 9.17) is 0 Å². The highest BCUT2D eigenvalue weighted by Gasteiger charge is 2.30. The lowest BCUT2D eigenvalue weighted by Crippen LogP contribution is -2.44. The molecule has 1 unspecified atom stereocenters. The molecule has 0 aliphatic carbocycles. The first-order valence-electron chi connectivity index (χ1n) is 6.15. The van der Waals surface area contributed by atoms with Crippen LogP contribution in [0.5, 0.6) is 0 Å². The second-order valence-corrected chi connectivity index (χ2v) is 4.43. The van der Waals surface area contributed by atoms with Gasteiger partial charge in [-0.05, 0) is 25.0 Å².